The highest BCUT2D eigenvalue weighted by Gasteiger charge is 2.19. The molecule has 0 radical (unpaired) electrons. The molecule has 0 unspecified atom stereocenters. The van der Waals surface area contributed by atoms with Gasteiger partial charge < -0.3 is 13.9 Å². The number of anilines is 2. The number of amides is 1. The first kappa shape index (κ1) is 22.4. The number of ether oxygens (including phenoxy) is 2. The van der Waals surface area contributed by atoms with E-state index in [0.29, 0.717) is 29.0 Å². The average molecular weight is 462 g/mol. The highest BCUT2D eigenvalue weighted by atomic mass is 32.2. The van der Waals surface area contributed by atoms with E-state index in [-0.39, 0.29) is 11.7 Å². The van der Waals surface area contributed by atoms with E-state index in [1.165, 1.54) is 11.8 Å². The van der Waals surface area contributed by atoms with Gasteiger partial charge in [0, 0.05) is 11.4 Å². The first-order chi connectivity index (χ1) is 16.2. The van der Waals surface area contributed by atoms with Crippen LogP contribution in [0.2, 0.25) is 0 Å². The van der Waals surface area contributed by atoms with Crippen LogP contribution in [0.4, 0.5) is 11.4 Å². The maximum absolute atomic E-state index is 13.1. The number of benzene rings is 3. The molecule has 0 bridgehead atoms. The predicted molar refractivity (Wildman–Crippen MR) is 127 cm³/mol. The van der Waals surface area contributed by atoms with Crippen LogP contribution in [0, 0.1) is 0 Å². The van der Waals surface area contributed by atoms with Gasteiger partial charge in [-0.2, -0.15) is 0 Å². The lowest BCUT2D eigenvalue weighted by atomic mass is 10.1. The van der Waals surface area contributed by atoms with Gasteiger partial charge in [0.2, 0.25) is 11.8 Å². The zero-order chi connectivity index (χ0) is 23.0. The van der Waals surface area contributed by atoms with E-state index >= 15 is 0 Å². The lowest BCUT2D eigenvalue weighted by Crippen LogP contribution is -2.27. The van der Waals surface area contributed by atoms with Gasteiger partial charge in [0.15, 0.2) is 11.5 Å². The summed E-state index contributed by atoms with van der Waals surface area (Å²) >= 11 is 1.22. The Bertz CT molecular complexity index is 1160. The van der Waals surface area contributed by atoms with E-state index in [2.05, 4.69) is 10.2 Å². The van der Waals surface area contributed by atoms with Gasteiger partial charge in [-0.25, -0.2) is 0 Å². The van der Waals surface area contributed by atoms with Crippen molar-refractivity contribution in [3.63, 3.8) is 0 Å². The van der Waals surface area contributed by atoms with E-state index in [1.54, 1.807) is 19.1 Å². The molecule has 1 aromatic heterocycles. The Labute approximate surface area is 196 Å². The second-order valence-corrected chi connectivity index (χ2v) is 7.94. The smallest absolute Gasteiger partial charge is 0.277 e. The molecule has 1 amide bonds. The number of aromatic nitrogens is 2. The highest BCUT2D eigenvalue weighted by Crippen LogP contribution is 2.29. The monoisotopic (exact) mass is 461 g/mol. The maximum Gasteiger partial charge on any atom is 0.277 e. The Morgan fingerprint density at radius 1 is 0.879 bits per heavy atom. The van der Waals surface area contributed by atoms with Crippen LogP contribution in [0.3, 0.4) is 0 Å². The van der Waals surface area contributed by atoms with Crippen LogP contribution in [-0.4, -0.2) is 36.1 Å². The normalized spacial score (nSPS) is 10.6. The molecule has 0 aliphatic heterocycles. The summed E-state index contributed by atoms with van der Waals surface area (Å²) in [7, 11) is 3.19. The van der Waals surface area contributed by atoms with E-state index < -0.39 is 0 Å². The molecular formula is C25H23N3O4S. The second-order valence-electron chi connectivity index (χ2n) is 7.02. The lowest BCUT2D eigenvalue weighted by Gasteiger charge is -2.22. The number of thioether (sulfide) groups is 1. The molecular weight excluding hydrogens is 438 g/mol. The molecule has 3 aromatic carbocycles. The largest absolute Gasteiger partial charge is 0.493 e. The van der Waals surface area contributed by atoms with Crippen molar-refractivity contribution < 1.29 is 18.7 Å². The zero-order valence-corrected chi connectivity index (χ0v) is 19.1. The van der Waals surface area contributed by atoms with Gasteiger partial charge in [0.25, 0.3) is 5.22 Å². The third kappa shape index (κ3) is 5.53. The van der Waals surface area contributed by atoms with Crippen molar-refractivity contribution in [1.29, 1.82) is 0 Å². The van der Waals surface area contributed by atoms with E-state index in [0.717, 1.165) is 16.9 Å². The Morgan fingerprint density at radius 3 is 2.12 bits per heavy atom. The maximum atomic E-state index is 13.1. The van der Waals surface area contributed by atoms with Crippen molar-refractivity contribution >= 4 is 29.0 Å². The fraction of sp³-hybridized carbons (Fsp3) is 0.160. The van der Waals surface area contributed by atoms with Gasteiger partial charge in [-0.3, -0.25) is 9.69 Å². The fourth-order valence-electron chi connectivity index (χ4n) is 3.31. The number of carbonyl (C=O) groups excluding carboxylic acids is 1. The van der Waals surface area contributed by atoms with Gasteiger partial charge in [-0.1, -0.05) is 54.2 Å². The molecule has 8 heteroatoms. The topological polar surface area (TPSA) is 77.7 Å². The van der Waals surface area contributed by atoms with E-state index in [9.17, 15) is 4.79 Å². The summed E-state index contributed by atoms with van der Waals surface area (Å²) in [5, 5.41) is 8.55. The Hall–Kier alpha value is -3.78. The molecule has 0 N–H and O–H groups in total. The second kappa shape index (κ2) is 10.7. The summed E-state index contributed by atoms with van der Waals surface area (Å²) in [4.78, 5) is 14.8. The summed E-state index contributed by atoms with van der Waals surface area (Å²) in [6.07, 6.45) is 0.446. The van der Waals surface area contributed by atoms with Gasteiger partial charge in [0.1, 0.15) is 0 Å². The first-order valence-electron chi connectivity index (χ1n) is 10.3. The van der Waals surface area contributed by atoms with Crippen molar-refractivity contribution in [2.24, 2.45) is 0 Å². The van der Waals surface area contributed by atoms with Gasteiger partial charge in [-0.15, -0.1) is 10.2 Å². The Kier molecular flexibility index (Phi) is 7.26. The van der Waals surface area contributed by atoms with Crippen LogP contribution in [0.5, 0.6) is 11.5 Å². The number of hydrogen-bond donors (Lipinski definition) is 0. The van der Waals surface area contributed by atoms with Crippen LogP contribution < -0.4 is 14.4 Å². The van der Waals surface area contributed by atoms with Crippen LogP contribution >= 0.6 is 11.8 Å². The van der Waals surface area contributed by atoms with Crippen molar-refractivity contribution in [3.8, 4) is 11.5 Å². The van der Waals surface area contributed by atoms with E-state index in [1.807, 2.05) is 78.9 Å². The van der Waals surface area contributed by atoms with Crippen LogP contribution in [0.25, 0.3) is 0 Å². The van der Waals surface area contributed by atoms with Gasteiger partial charge in [-0.05, 0) is 42.0 Å². The minimum Gasteiger partial charge on any atom is -0.493 e. The van der Waals surface area contributed by atoms with Crippen LogP contribution in [0.15, 0.2) is 88.5 Å². The molecule has 33 heavy (non-hydrogen) atoms. The number of methoxy groups -OCH3 is 2. The zero-order valence-electron chi connectivity index (χ0n) is 18.3. The number of nitrogens with zero attached hydrogens (tertiary/aromatic N) is 3. The minimum atomic E-state index is -0.0861. The fourth-order valence-corrected chi connectivity index (χ4v) is 3.94. The Morgan fingerprint density at radius 2 is 1.52 bits per heavy atom. The summed E-state index contributed by atoms with van der Waals surface area (Å²) in [6, 6.07) is 24.7. The molecule has 0 aliphatic carbocycles. The molecule has 0 saturated carbocycles. The quantitative estimate of drug-likeness (QED) is 0.320. The molecule has 0 aliphatic rings. The Balaban J connectivity index is 1.43. The molecule has 0 spiro atoms. The first-order valence-corrected chi connectivity index (χ1v) is 11.3. The summed E-state index contributed by atoms with van der Waals surface area (Å²) < 4.78 is 16.4. The molecule has 0 atom stereocenters. The van der Waals surface area contributed by atoms with Crippen LogP contribution in [-0.2, 0) is 11.2 Å². The molecule has 7 nitrogen and oxygen atoms in total. The number of para-hydroxylation sites is 2. The van der Waals surface area contributed by atoms with Crippen molar-refractivity contribution in [2.75, 3.05) is 24.9 Å². The van der Waals surface area contributed by atoms with E-state index in [4.69, 9.17) is 13.9 Å². The summed E-state index contributed by atoms with van der Waals surface area (Å²) in [5.41, 5.74) is 2.55. The van der Waals surface area contributed by atoms with Crippen molar-refractivity contribution in [1.82, 2.24) is 10.2 Å². The van der Waals surface area contributed by atoms with Crippen LogP contribution in [0.1, 0.15) is 11.5 Å². The molecule has 1 heterocycles. The minimum absolute atomic E-state index is 0.0861. The third-order valence-corrected chi connectivity index (χ3v) is 5.65. The highest BCUT2D eigenvalue weighted by molar-refractivity contribution is 7.99. The molecule has 168 valence electrons. The summed E-state index contributed by atoms with van der Waals surface area (Å²) in [5.74, 6) is 1.82. The number of hydrogen-bond acceptors (Lipinski definition) is 7. The molecule has 0 fully saturated rings. The number of rotatable bonds is 9. The standard InChI is InChI=1S/C25H23N3O4S/c1-30-21-14-13-18(15-22(21)31-2)16-23-26-27-25(32-23)33-17-24(29)28(19-9-5-3-6-10-19)20-11-7-4-8-12-20/h3-15H,16-17H2,1-2H3. The summed E-state index contributed by atoms with van der Waals surface area (Å²) in [6.45, 7) is 0. The average Bonchev–Trinajstić information content (AvgIpc) is 3.31. The lowest BCUT2D eigenvalue weighted by molar-refractivity contribution is -0.115. The predicted octanol–water partition coefficient (Wildman–Crippen LogP) is 5.13. The van der Waals surface area contributed by atoms with Gasteiger partial charge >= 0.3 is 0 Å². The SMILES string of the molecule is COc1ccc(Cc2nnc(SCC(=O)N(c3ccccc3)c3ccccc3)o2)cc1OC. The number of carbonyl (C=O) groups is 1. The van der Waals surface area contributed by atoms with Crippen molar-refractivity contribution in [3.05, 3.63) is 90.3 Å². The van der Waals surface area contributed by atoms with Crippen molar-refractivity contribution in [2.45, 2.75) is 11.6 Å². The molecule has 4 rings (SSSR count). The molecule has 4 aromatic rings. The third-order valence-electron chi connectivity index (χ3n) is 4.85. The molecule has 0 saturated heterocycles. The van der Waals surface area contributed by atoms with Gasteiger partial charge in [0.05, 0.1) is 26.4 Å².